The van der Waals surface area contributed by atoms with Crippen LogP contribution in [0.2, 0.25) is 0 Å². The fraction of sp³-hybridized carbons (Fsp3) is 0.625. The predicted octanol–water partition coefficient (Wildman–Crippen LogP) is 1.97. The molecule has 2 aromatic heterocycles. The minimum absolute atomic E-state index is 0.364. The summed E-state index contributed by atoms with van der Waals surface area (Å²) in [5.74, 6) is 0. The van der Waals surface area contributed by atoms with Crippen LogP contribution in [0, 0.1) is 13.8 Å². The van der Waals surface area contributed by atoms with Crippen molar-refractivity contribution < 1.29 is 4.74 Å². The quantitative estimate of drug-likeness (QED) is 0.875. The van der Waals surface area contributed by atoms with Crippen LogP contribution < -0.4 is 10.2 Å². The van der Waals surface area contributed by atoms with Crippen molar-refractivity contribution in [1.29, 1.82) is 0 Å². The molecule has 1 N–H and O–H groups in total. The molecule has 0 saturated carbocycles. The fourth-order valence-corrected chi connectivity index (χ4v) is 3.71. The van der Waals surface area contributed by atoms with E-state index < -0.39 is 0 Å². The third kappa shape index (κ3) is 4.31. The molecule has 0 aliphatic carbocycles. The van der Waals surface area contributed by atoms with Gasteiger partial charge in [0.15, 0.2) is 5.13 Å². The van der Waals surface area contributed by atoms with Crippen LogP contribution in [0.3, 0.4) is 0 Å². The second-order valence-corrected chi connectivity index (χ2v) is 7.19. The van der Waals surface area contributed by atoms with Crippen molar-refractivity contribution in [2.24, 2.45) is 0 Å². The number of anilines is 1. The van der Waals surface area contributed by atoms with Crippen LogP contribution in [0.15, 0.2) is 12.4 Å². The van der Waals surface area contributed by atoms with Gasteiger partial charge in [-0.15, -0.1) is 11.3 Å². The molecule has 23 heavy (non-hydrogen) atoms. The topological polar surface area (TPSA) is 55.2 Å². The molecule has 7 heteroatoms. The number of nitrogens with one attached hydrogen (secondary N) is 1. The highest BCUT2D eigenvalue weighted by molar-refractivity contribution is 7.15. The van der Waals surface area contributed by atoms with E-state index in [0.717, 1.165) is 50.2 Å². The number of hydrogen-bond donors (Lipinski definition) is 1. The van der Waals surface area contributed by atoms with E-state index in [9.17, 15) is 0 Å². The smallest absolute Gasteiger partial charge is 0.185 e. The molecule has 0 radical (unpaired) electrons. The summed E-state index contributed by atoms with van der Waals surface area (Å²) in [6, 6.07) is 0.364. The van der Waals surface area contributed by atoms with Crippen molar-refractivity contribution in [3.63, 3.8) is 0 Å². The van der Waals surface area contributed by atoms with E-state index in [1.807, 2.05) is 10.9 Å². The zero-order valence-electron chi connectivity index (χ0n) is 14.1. The molecule has 2 aromatic rings. The van der Waals surface area contributed by atoms with Gasteiger partial charge < -0.3 is 15.0 Å². The molecule has 0 unspecified atom stereocenters. The highest BCUT2D eigenvalue weighted by atomic mass is 32.1. The lowest BCUT2D eigenvalue weighted by Crippen LogP contribution is -2.36. The van der Waals surface area contributed by atoms with Gasteiger partial charge in [0, 0.05) is 36.8 Å². The van der Waals surface area contributed by atoms with E-state index in [-0.39, 0.29) is 0 Å². The van der Waals surface area contributed by atoms with E-state index in [1.165, 1.54) is 10.4 Å². The molecular weight excluding hydrogens is 310 g/mol. The van der Waals surface area contributed by atoms with Crippen molar-refractivity contribution >= 4 is 16.5 Å². The lowest BCUT2D eigenvalue weighted by atomic mass is 10.3. The van der Waals surface area contributed by atoms with Crippen molar-refractivity contribution in [1.82, 2.24) is 20.1 Å². The summed E-state index contributed by atoms with van der Waals surface area (Å²) in [4.78, 5) is 8.37. The van der Waals surface area contributed by atoms with Gasteiger partial charge in [-0.05, 0) is 26.3 Å². The van der Waals surface area contributed by atoms with Crippen LogP contribution in [0.4, 0.5) is 5.13 Å². The molecule has 1 atom stereocenters. The normalized spacial score (nSPS) is 16.7. The van der Waals surface area contributed by atoms with E-state index in [4.69, 9.17) is 9.72 Å². The third-order valence-corrected chi connectivity index (χ3v) is 5.22. The Kier molecular flexibility index (Phi) is 5.30. The number of nitrogens with zero attached hydrogens (tertiary/aromatic N) is 4. The van der Waals surface area contributed by atoms with Crippen LogP contribution >= 0.6 is 11.3 Å². The molecule has 1 aliphatic rings. The van der Waals surface area contributed by atoms with Crippen LogP contribution in [0.5, 0.6) is 0 Å². The molecule has 1 aliphatic heterocycles. The Hall–Kier alpha value is -1.44. The van der Waals surface area contributed by atoms with Gasteiger partial charge in [-0.2, -0.15) is 5.10 Å². The first-order valence-electron chi connectivity index (χ1n) is 8.13. The number of thiazole rings is 1. The molecule has 0 aromatic carbocycles. The Bertz CT molecular complexity index is 632. The average Bonchev–Trinajstić information content (AvgIpc) is 3.12. The van der Waals surface area contributed by atoms with Crippen molar-refractivity contribution in [3.05, 3.63) is 28.5 Å². The SMILES string of the molecule is Cc1cnn(C[C@@H](C)NCc2sc(N3CCOCC3)nc2C)c1. The van der Waals surface area contributed by atoms with E-state index in [0.29, 0.717) is 6.04 Å². The van der Waals surface area contributed by atoms with Gasteiger partial charge in [-0.3, -0.25) is 4.68 Å². The van der Waals surface area contributed by atoms with Crippen LogP contribution in [0.1, 0.15) is 23.1 Å². The Morgan fingerprint density at radius 1 is 1.35 bits per heavy atom. The minimum atomic E-state index is 0.364. The van der Waals surface area contributed by atoms with Gasteiger partial charge in [0.2, 0.25) is 0 Å². The van der Waals surface area contributed by atoms with Gasteiger partial charge in [-0.1, -0.05) is 0 Å². The molecule has 6 nitrogen and oxygen atoms in total. The lowest BCUT2D eigenvalue weighted by molar-refractivity contribution is 0.122. The standard InChI is InChI=1S/C16H25N5OS/c1-12-8-18-21(10-12)11-13(2)17-9-15-14(3)19-16(23-15)20-4-6-22-7-5-20/h8,10,13,17H,4-7,9,11H2,1-3H3/t13-/m1/s1. The Morgan fingerprint density at radius 3 is 2.83 bits per heavy atom. The van der Waals surface area contributed by atoms with Gasteiger partial charge >= 0.3 is 0 Å². The second kappa shape index (κ2) is 7.42. The molecule has 0 bridgehead atoms. The Morgan fingerprint density at radius 2 is 2.13 bits per heavy atom. The van der Waals surface area contributed by atoms with Gasteiger partial charge in [0.25, 0.3) is 0 Å². The molecule has 3 rings (SSSR count). The highest BCUT2D eigenvalue weighted by Crippen LogP contribution is 2.26. The maximum absolute atomic E-state index is 5.41. The summed E-state index contributed by atoms with van der Waals surface area (Å²) >= 11 is 1.79. The van der Waals surface area contributed by atoms with E-state index >= 15 is 0 Å². The molecule has 126 valence electrons. The van der Waals surface area contributed by atoms with Crippen LogP contribution in [0.25, 0.3) is 0 Å². The zero-order valence-corrected chi connectivity index (χ0v) is 14.9. The number of aryl methyl sites for hydroxylation is 2. The lowest BCUT2D eigenvalue weighted by Gasteiger charge is -2.26. The zero-order chi connectivity index (χ0) is 16.2. The Balaban J connectivity index is 1.54. The molecule has 1 fully saturated rings. The predicted molar refractivity (Wildman–Crippen MR) is 93.1 cm³/mol. The van der Waals surface area contributed by atoms with Gasteiger partial charge in [0.05, 0.1) is 31.6 Å². The first-order chi connectivity index (χ1) is 11.1. The van der Waals surface area contributed by atoms with Crippen LogP contribution in [-0.2, 0) is 17.8 Å². The third-order valence-electron chi connectivity index (χ3n) is 4.00. The summed E-state index contributed by atoms with van der Waals surface area (Å²) in [7, 11) is 0. The summed E-state index contributed by atoms with van der Waals surface area (Å²) in [6.45, 7) is 11.6. The van der Waals surface area contributed by atoms with Crippen LogP contribution in [-0.4, -0.2) is 47.1 Å². The summed E-state index contributed by atoms with van der Waals surface area (Å²) < 4.78 is 7.40. The van der Waals surface area contributed by atoms with Crippen molar-refractivity contribution in [2.45, 2.75) is 39.9 Å². The molecular formula is C16H25N5OS. The fourth-order valence-electron chi connectivity index (χ4n) is 2.65. The maximum Gasteiger partial charge on any atom is 0.185 e. The number of rotatable bonds is 6. The molecule has 0 amide bonds. The molecule has 0 spiro atoms. The number of ether oxygens (including phenoxy) is 1. The summed E-state index contributed by atoms with van der Waals surface area (Å²) in [5.41, 5.74) is 2.33. The van der Waals surface area contributed by atoms with E-state index in [2.05, 4.69) is 42.3 Å². The van der Waals surface area contributed by atoms with E-state index in [1.54, 1.807) is 11.3 Å². The Labute approximate surface area is 141 Å². The van der Waals surface area contributed by atoms with Crippen molar-refractivity contribution in [2.75, 3.05) is 31.2 Å². The number of morpholine rings is 1. The summed E-state index contributed by atoms with van der Waals surface area (Å²) in [5, 5.41) is 9.05. The largest absolute Gasteiger partial charge is 0.378 e. The molecule has 1 saturated heterocycles. The minimum Gasteiger partial charge on any atom is -0.378 e. The van der Waals surface area contributed by atoms with Crippen molar-refractivity contribution in [3.8, 4) is 0 Å². The second-order valence-electron chi connectivity index (χ2n) is 6.13. The maximum atomic E-state index is 5.41. The number of hydrogen-bond acceptors (Lipinski definition) is 6. The first kappa shape index (κ1) is 16.4. The monoisotopic (exact) mass is 335 g/mol. The van der Waals surface area contributed by atoms with Gasteiger partial charge in [-0.25, -0.2) is 4.98 Å². The van der Waals surface area contributed by atoms with Gasteiger partial charge in [0.1, 0.15) is 0 Å². The average molecular weight is 335 g/mol. The molecule has 3 heterocycles. The first-order valence-corrected chi connectivity index (χ1v) is 8.95. The highest BCUT2D eigenvalue weighted by Gasteiger charge is 2.17. The summed E-state index contributed by atoms with van der Waals surface area (Å²) in [6.07, 6.45) is 3.97. The number of aromatic nitrogens is 3.